The zero-order valence-corrected chi connectivity index (χ0v) is 14.2. The summed E-state index contributed by atoms with van der Waals surface area (Å²) >= 11 is 0. The van der Waals surface area contributed by atoms with Crippen molar-refractivity contribution in [3.05, 3.63) is 65.1 Å². The molecule has 0 atom stereocenters. The second-order valence-corrected chi connectivity index (χ2v) is 6.91. The highest BCUT2D eigenvalue weighted by atomic mass is 16.1. The van der Waals surface area contributed by atoms with Crippen molar-refractivity contribution in [2.75, 3.05) is 0 Å². The van der Waals surface area contributed by atoms with Crippen LogP contribution in [0.5, 0.6) is 0 Å². The quantitative estimate of drug-likeness (QED) is 0.650. The van der Waals surface area contributed by atoms with E-state index in [0.29, 0.717) is 12.1 Å². The SMILES string of the molecule is Cc1c(C)n(CC2CC2)c2c(C(=O)Cc3ccccc3)nccc12. The van der Waals surface area contributed by atoms with E-state index >= 15 is 0 Å². The zero-order valence-electron chi connectivity index (χ0n) is 14.2. The van der Waals surface area contributed by atoms with Gasteiger partial charge in [-0.05, 0) is 49.8 Å². The number of Topliss-reactive ketones (excluding diaryl/α,β-unsaturated/α-hetero) is 1. The molecule has 0 saturated heterocycles. The van der Waals surface area contributed by atoms with Crippen LogP contribution in [0, 0.1) is 19.8 Å². The minimum atomic E-state index is 0.0985. The third-order valence-electron chi connectivity index (χ3n) is 5.16. The van der Waals surface area contributed by atoms with Crippen LogP contribution in [0.4, 0.5) is 0 Å². The van der Waals surface area contributed by atoms with Gasteiger partial charge in [0.05, 0.1) is 5.52 Å². The average Bonchev–Trinajstić information content (AvgIpc) is 3.39. The fraction of sp³-hybridized carbons (Fsp3) is 0.333. The van der Waals surface area contributed by atoms with Gasteiger partial charge in [0.25, 0.3) is 0 Å². The highest BCUT2D eigenvalue weighted by molar-refractivity contribution is 6.07. The largest absolute Gasteiger partial charge is 0.342 e. The lowest BCUT2D eigenvalue weighted by atomic mass is 10.0. The molecule has 1 saturated carbocycles. The number of aromatic nitrogens is 2. The number of hydrogen-bond acceptors (Lipinski definition) is 2. The van der Waals surface area contributed by atoms with E-state index in [-0.39, 0.29) is 5.78 Å². The summed E-state index contributed by atoms with van der Waals surface area (Å²) in [5.41, 5.74) is 5.21. The minimum Gasteiger partial charge on any atom is -0.342 e. The third-order valence-corrected chi connectivity index (χ3v) is 5.16. The average molecular weight is 318 g/mol. The lowest BCUT2D eigenvalue weighted by Crippen LogP contribution is -2.10. The highest BCUT2D eigenvalue weighted by Gasteiger charge is 2.26. The maximum atomic E-state index is 12.9. The van der Waals surface area contributed by atoms with E-state index in [1.807, 2.05) is 36.4 Å². The first kappa shape index (κ1) is 15.1. The lowest BCUT2D eigenvalue weighted by Gasteiger charge is -2.10. The van der Waals surface area contributed by atoms with Gasteiger partial charge in [-0.15, -0.1) is 0 Å². The fourth-order valence-corrected chi connectivity index (χ4v) is 3.45. The summed E-state index contributed by atoms with van der Waals surface area (Å²) in [5, 5.41) is 1.17. The molecule has 0 amide bonds. The summed E-state index contributed by atoms with van der Waals surface area (Å²) in [5.74, 6) is 0.859. The summed E-state index contributed by atoms with van der Waals surface area (Å²) in [6.45, 7) is 5.31. The molecule has 2 aromatic heterocycles. The van der Waals surface area contributed by atoms with Gasteiger partial charge in [-0.2, -0.15) is 0 Å². The third kappa shape index (κ3) is 2.64. The number of ketones is 1. The van der Waals surface area contributed by atoms with Gasteiger partial charge >= 0.3 is 0 Å². The van der Waals surface area contributed by atoms with E-state index in [9.17, 15) is 4.79 Å². The van der Waals surface area contributed by atoms with Gasteiger partial charge in [-0.3, -0.25) is 9.78 Å². The Bertz CT molecular complexity index is 904. The molecule has 0 bridgehead atoms. The van der Waals surface area contributed by atoms with Crippen molar-refractivity contribution >= 4 is 16.7 Å². The second kappa shape index (κ2) is 5.90. The fourth-order valence-electron chi connectivity index (χ4n) is 3.45. The summed E-state index contributed by atoms with van der Waals surface area (Å²) in [7, 11) is 0. The molecule has 1 aromatic carbocycles. The van der Waals surface area contributed by atoms with Crippen molar-refractivity contribution in [3.63, 3.8) is 0 Å². The first-order valence-electron chi connectivity index (χ1n) is 8.66. The Balaban J connectivity index is 1.79. The summed E-state index contributed by atoms with van der Waals surface area (Å²) in [4.78, 5) is 17.4. The van der Waals surface area contributed by atoms with E-state index in [1.165, 1.54) is 29.5 Å². The van der Waals surface area contributed by atoms with Crippen molar-refractivity contribution in [1.29, 1.82) is 0 Å². The molecule has 0 unspecified atom stereocenters. The molecule has 2 heterocycles. The van der Waals surface area contributed by atoms with Gasteiger partial charge in [0, 0.05) is 30.2 Å². The molecule has 1 fully saturated rings. The number of pyridine rings is 1. The molecular weight excluding hydrogens is 296 g/mol. The van der Waals surface area contributed by atoms with E-state index in [0.717, 1.165) is 23.5 Å². The number of aryl methyl sites for hydroxylation is 1. The van der Waals surface area contributed by atoms with Crippen molar-refractivity contribution < 1.29 is 4.79 Å². The van der Waals surface area contributed by atoms with Crippen molar-refractivity contribution in [2.24, 2.45) is 5.92 Å². The summed E-state index contributed by atoms with van der Waals surface area (Å²) in [6.07, 6.45) is 4.77. The van der Waals surface area contributed by atoms with Gasteiger partial charge in [-0.1, -0.05) is 30.3 Å². The van der Waals surface area contributed by atoms with Gasteiger partial charge in [-0.25, -0.2) is 0 Å². The molecule has 3 heteroatoms. The van der Waals surface area contributed by atoms with Crippen LogP contribution in [0.1, 0.15) is 40.2 Å². The lowest BCUT2D eigenvalue weighted by molar-refractivity contribution is 0.0989. The molecule has 0 radical (unpaired) electrons. The Morgan fingerprint density at radius 3 is 2.62 bits per heavy atom. The minimum absolute atomic E-state index is 0.0985. The molecule has 3 nitrogen and oxygen atoms in total. The van der Waals surface area contributed by atoms with Crippen molar-refractivity contribution in [1.82, 2.24) is 9.55 Å². The van der Waals surface area contributed by atoms with Gasteiger partial charge in [0.1, 0.15) is 5.69 Å². The number of fused-ring (bicyclic) bond motifs is 1. The summed E-state index contributed by atoms with van der Waals surface area (Å²) < 4.78 is 2.33. The maximum absolute atomic E-state index is 12.9. The summed E-state index contributed by atoms with van der Waals surface area (Å²) in [6, 6.07) is 12.0. The molecule has 0 aliphatic heterocycles. The van der Waals surface area contributed by atoms with Gasteiger partial charge < -0.3 is 4.57 Å². The van der Waals surface area contributed by atoms with Crippen molar-refractivity contribution in [2.45, 2.75) is 39.7 Å². The van der Waals surface area contributed by atoms with Crippen LogP contribution in [0.2, 0.25) is 0 Å². The first-order valence-corrected chi connectivity index (χ1v) is 8.66. The second-order valence-electron chi connectivity index (χ2n) is 6.91. The highest BCUT2D eigenvalue weighted by Crippen LogP contribution is 2.35. The van der Waals surface area contributed by atoms with E-state index in [2.05, 4.69) is 23.4 Å². The maximum Gasteiger partial charge on any atom is 0.187 e. The van der Waals surface area contributed by atoms with E-state index < -0.39 is 0 Å². The Kier molecular flexibility index (Phi) is 3.72. The van der Waals surface area contributed by atoms with Gasteiger partial charge in [0.15, 0.2) is 5.78 Å². The number of carbonyl (C=O) groups is 1. The number of hydrogen-bond donors (Lipinski definition) is 0. The van der Waals surface area contributed by atoms with Crippen molar-refractivity contribution in [3.8, 4) is 0 Å². The van der Waals surface area contributed by atoms with Crippen LogP contribution >= 0.6 is 0 Å². The van der Waals surface area contributed by atoms with E-state index in [1.54, 1.807) is 6.20 Å². The Labute approximate surface area is 142 Å². The molecule has 1 aliphatic rings. The standard InChI is InChI=1S/C21H22N2O/c1-14-15(2)23(13-17-8-9-17)21-18(14)10-11-22-20(21)19(24)12-16-6-4-3-5-7-16/h3-7,10-11,17H,8-9,12-13H2,1-2H3. The van der Waals surface area contributed by atoms with Crippen LogP contribution in [-0.4, -0.2) is 15.3 Å². The molecular formula is C21H22N2O. The van der Waals surface area contributed by atoms with Crippen LogP contribution in [0.25, 0.3) is 10.9 Å². The normalized spacial score (nSPS) is 14.2. The molecule has 0 N–H and O–H groups in total. The monoisotopic (exact) mass is 318 g/mol. The molecule has 3 aromatic rings. The number of rotatable bonds is 5. The number of nitrogens with zero attached hydrogens (tertiary/aromatic N) is 2. The molecule has 0 spiro atoms. The predicted octanol–water partition coefficient (Wildman–Crippen LogP) is 4.49. The first-order chi connectivity index (χ1) is 11.6. The Hall–Kier alpha value is -2.42. The Morgan fingerprint density at radius 1 is 1.17 bits per heavy atom. The molecule has 1 aliphatic carbocycles. The molecule has 122 valence electrons. The van der Waals surface area contributed by atoms with Crippen LogP contribution in [0.15, 0.2) is 42.6 Å². The van der Waals surface area contributed by atoms with Gasteiger partial charge in [0.2, 0.25) is 0 Å². The van der Waals surface area contributed by atoms with Crippen LogP contribution in [-0.2, 0) is 13.0 Å². The smallest absolute Gasteiger partial charge is 0.187 e. The van der Waals surface area contributed by atoms with E-state index in [4.69, 9.17) is 0 Å². The molecule has 4 rings (SSSR count). The number of carbonyl (C=O) groups excluding carboxylic acids is 1. The molecule has 24 heavy (non-hydrogen) atoms. The Morgan fingerprint density at radius 2 is 1.92 bits per heavy atom. The number of benzene rings is 1. The zero-order chi connectivity index (χ0) is 16.7. The topological polar surface area (TPSA) is 34.9 Å². The predicted molar refractivity (Wildman–Crippen MR) is 96.4 cm³/mol. The van der Waals surface area contributed by atoms with Crippen LogP contribution in [0.3, 0.4) is 0 Å². The van der Waals surface area contributed by atoms with Crippen LogP contribution < -0.4 is 0 Å².